The lowest BCUT2D eigenvalue weighted by Crippen LogP contribution is -1.97. The molecule has 0 unspecified atom stereocenters. The van der Waals surface area contributed by atoms with Gasteiger partial charge in [-0.3, -0.25) is 0 Å². The van der Waals surface area contributed by atoms with Gasteiger partial charge in [0.05, 0.1) is 11.5 Å². The Labute approximate surface area is 124 Å². The third-order valence-electron chi connectivity index (χ3n) is 3.54. The van der Waals surface area contributed by atoms with E-state index in [1.807, 2.05) is 18.2 Å². The van der Waals surface area contributed by atoms with Crippen LogP contribution in [-0.4, -0.2) is 21.3 Å². The van der Waals surface area contributed by atoms with Gasteiger partial charge in [-0.05, 0) is 29.8 Å². The van der Waals surface area contributed by atoms with Gasteiger partial charge < -0.3 is 4.74 Å². The third-order valence-corrected chi connectivity index (χ3v) is 4.67. The zero-order chi connectivity index (χ0) is 14.9. The van der Waals surface area contributed by atoms with Crippen LogP contribution in [-0.2, 0) is 14.6 Å². The van der Waals surface area contributed by atoms with E-state index >= 15 is 0 Å². The second kappa shape index (κ2) is 5.37. The number of rotatable bonds is 3. The molecule has 2 aromatic carbocycles. The monoisotopic (exact) mass is 300 g/mol. The van der Waals surface area contributed by atoms with Crippen LogP contribution in [0.2, 0.25) is 0 Å². The summed E-state index contributed by atoms with van der Waals surface area (Å²) in [6.45, 7) is 0.660. The van der Waals surface area contributed by atoms with Crippen LogP contribution in [0.5, 0.6) is 0 Å². The summed E-state index contributed by atoms with van der Waals surface area (Å²) in [5.41, 5.74) is 3.23. The number of sulfone groups is 1. The van der Waals surface area contributed by atoms with Crippen LogP contribution >= 0.6 is 0 Å². The minimum atomic E-state index is -3.17. The molecule has 3 rings (SSSR count). The van der Waals surface area contributed by atoms with E-state index in [9.17, 15) is 8.42 Å². The maximum absolute atomic E-state index is 11.5. The molecule has 0 amide bonds. The molecule has 108 valence electrons. The van der Waals surface area contributed by atoms with E-state index < -0.39 is 9.84 Å². The summed E-state index contributed by atoms with van der Waals surface area (Å²) in [5.74, 6) is 0.848. The molecule has 0 saturated heterocycles. The van der Waals surface area contributed by atoms with Gasteiger partial charge in [-0.2, -0.15) is 0 Å². The maximum atomic E-state index is 11.5. The molecule has 0 N–H and O–H groups in total. The summed E-state index contributed by atoms with van der Waals surface area (Å²) in [6, 6.07) is 17.0. The Hall–Kier alpha value is -2.07. The molecule has 0 atom stereocenters. The minimum absolute atomic E-state index is 0.325. The molecule has 0 aromatic heterocycles. The summed E-state index contributed by atoms with van der Waals surface area (Å²) < 4.78 is 28.8. The van der Waals surface area contributed by atoms with E-state index in [-0.39, 0.29) is 0 Å². The number of benzene rings is 2. The Morgan fingerprint density at radius 1 is 0.905 bits per heavy atom. The summed E-state index contributed by atoms with van der Waals surface area (Å²) in [6.07, 6.45) is 2.08. The highest BCUT2D eigenvalue weighted by Gasteiger charge is 2.19. The van der Waals surface area contributed by atoms with Crippen molar-refractivity contribution in [3.05, 3.63) is 65.7 Å². The summed E-state index contributed by atoms with van der Waals surface area (Å²) in [7, 11) is -3.17. The first-order valence-corrected chi connectivity index (χ1v) is 8.67. The molecule has 4 heteroatoms. The Kier molecular flexibility index (Phi) is 3.55. The standard InChI is InChI=1S/C17H16O3S/c1-21(18,19)15-9-7-14(8-10-15)17-16(11-12-20-17)13-5-3-2-4-6-13/h2-10H,11-12H2,1H3. The lowest BCUT2D eigenvalue weighted by atomic mass is 10.0. The maximum Gasteiger partial charge on any atom is 0.175 e. The molecule has 3 nitrogen and oxygen atoms in total. The Morgan fingerprint density at radius 2 is 1.57 bits per heavy atom. The second-order valence-corrected chi connectivity index (χ2v) is 7.08. The highest BCUT2D eigenvalue weighted by molar-refractivity contribution is 7.90. The summed E-state index contributed by atoms with van der Waals surface area (Å²) >= 11 is 0. The Bertz CT molecular complexity index is 773. The molecular weight excluding hydrogens is 284 g/mol. The minimum Gasteiger partial charge on any atom is -0.492 e. The van der Waals surface area contributed by atoms with Gasteiger partial charge in [-0.25, -0.2) is 8.42 Å². The molecule has 21 heavy (non-hydrogen) atoms. The largest absolute Gasteiger partial charge is 0.492 e. The van der Waals surface area contributed by atoms with Crippen LogP contribution < -0.4 is 0 Å². The Morgan fingerprint density at radius 3 is 2.19 bits per heavy atom. The fraction of sp³-hybridized carbons (Fsp3) is 0.176. The van der Waals surface area contributed by atoms with E-state index in [4.69, 9.17) is 4.74 Å². The van der Waals surface area contributed by atoms with Crippen LogP contribution in [0.1, 0.15) is 17.5 Å². The molecule has 1 aliphatic rings. The highest BCUT2D eigenvalue weighted by Crippen LogP contribution is 2.35. The van der Waals surface area contributed by atoms with Gasteiger partial charge in [0.1, 0.15) is 5.76 Å². The van der Waals surface area contributed by atoms with E-state index in [0.29, 0.717) is 11.5 Å². The van der Waals surface area contributed by atoms with Gasteiger partial charge in [0.2, 0.25) is 0 Å². The van der Waals surface area contributed by atoms with Crippen molar-refractivity contribution in [2.24, 2.45) is 0 Å². The highest BCUT2D eigenvalue weighted by atomic mass is 32.2. The number of ether oxygens (including phenoxy) is 1. The van der Waals surface area contributed by atoms with Crippen LogP contribution in [0.4, 0.5) is 0 Å². The SMILES string of the molecule is CS(=O)(=O)c1ccc(C2=C(c3ccccc3)CCO2)cc1. The summed E-state index contributed by atoms with van der Waals surface area (Å²) in [5, 5.41) is 0. The third kappa shape index (κ3) is 2.85. The average molecular weight is 300 g/mol. The zero-order valence-electron chi connectivity index (χ0n) is 11.7. The van der Waals surface area contributed by atoms with Gasteiger partial charge >= 0.3 is 0 Å². The lowest BCUT2D eigenvalue weighted by Gasteiger charge is -2.08. The second-order valence-electron chi connectivity index (χ2n) is 5.07. The molecule has 0 bridgehead atoms. The van der Waals surface area contributed by atoms with Gasteiger partial charge in [0.25, 0.3) is 0 Å². The van der Waals surface area contributed by atoms with Crippen LogP contribution in [0.25, 0.3) is 11.3 Å². The normalized spacial score (nSPS) is 15.1. The van der Waals surface area contributed by atoms with E-state index in [0.717, 1.165) is 23.3 Å². The average Bonchev–Trinajstić information content (AvgIpc) is 2.97. The van der Waals surface area contributed by atoms with Crippen LogP contribution in [0.15, 0.2) is 59.5 Å². The van der Waals surface area contributed by atoms with Gasteiger partial charge in [-0.15, -0.1) is 0 Å². The van der Waals surface area contributed by atoms with Gasteiger partial charge in [0.15, 0.2) is 9.84 Å². The van der Waals surface area contributed by atoms with E-state index in [1.54, 1.807) is 24.3 Å². The quantitative estimate of drug-likeness (QED) is 0.873. The van der Waals surface area contributed by atoms with Crippen molar-refractivity contribution in [3.63, 3.8) is 0 Å². The van der Waals surface area contributed by atoms with Crippen molar-refractivity contribution in [1.82, 2.24) is 0 Å². The Balaban J connectivity index is 2.03. The van der Waals surface area contributed by atoms with Crippen LogP contribution in [0, 0.1) is 0 Å². The topological polar surface area (TPSA) is 43.4 Å². The van der Waals surface area contributed by atoms with Crippen molar-refractivity contribution >= 4 is 21.2 Å². The van der Waals surface area contributed by atoms with Crippen molar-refractivity contribution < 1.29 is 13.2 Å². The first-order chi connectivity index (χ1) is 10.1. The molecule has 0 spiro atoms. The summed E-state index contributed by atoms with van der Waals surface area (Å²) in [4.78, 5) is 0.325. The van der Waals surface area contributed by atoms with E-state index in [1.165, 1.54) is 11.8 Å². The van der Waals surface area contributed by atoms with Crippen molar-refractivity contribution in [1.29, 1.82) is 0 Å². The fourth-order valence-corrected chi connectivity index (χ4v) is 3.11. The molecule has 1 aliphatic heterocycles. The number of hydrogen-bond acceptors (Lipinski definition) is 3. The molecule has 0 radical (unpaired) electrons. The molecule has 2 aromatic rings. The predicted molar refractivity (Wildman–Crippen MR) is 83.4 cm³/mol. The van der Waals surface area contributed by atoms with Gasteiger partial charge in [0, 0.05) is 23.8 Å². The fourth-order valence-electron chi connectivity index (χ4n) is 2.48. The van der Waals surface area contributed by atoms with Gasteiger partial charge in [-0.1, -0.05) is 30.3 Å². The van der Waals surface area contributed by atoms with Crippen molar-refractivity contribution in [2.75, 3.05) is 12.9 Å². The lowest BCUT2D eigenvalue weighted by molar-refractivity contribution is 0.307. The first-order valence-electron chi connectivity index (χ1n) is 6.77. The van der Waals surface area contributed by atoms with E-state index in [2.05, 4.69) is 12.1 Å². The molecule has 1 heterocycles. The smallest absolute Gasteiger partial charge is 0.175 e. The van der Waals surface area contributed by atoms with Crippen molar-refractivity contribution in [3.8, 4) is 0 Å². The molecular formula is C17H16O3S. The van der Waals surface area contributed by atoms with Crippen molar-refractivity contribution in [2.45, 2.75) is 11.3 Å². The predicted octanol–water partition coefficient (Wildman–Crippen LogP) is 3.38. The first kappa shape index (κ1) is 13.9. The molecule has 0 saturated carbocycles. The molecule has 0 fully saturated rings. The number of hydrogen-bond donors (Lipinski definition) is 0. The molecule has 0 aliphatic carbocycles. The van der Waals surface area contributed by atoms with Crippen LogP contribution in [0.3, 0.4) is 0 Å². The zero-order valence-corrected chi connectivity index (χ0v) is 12.6.